The van der Waals surface area contributed by atoms with E-state index in [1.54, 1.807) is 6.20 Å². The van der Waals surface area contributed by atoms with Crippen molar-refractivity contribution in [1.82, 2.24) is 14.8 Å². The van der Waals surface area contributed by atoms with Crippen LogP contribution in [0.2, 0.25) is 0 Å². The summed E-state index contributed by atoms with van der Waals surface area (Å²) in [5.74, 6) is 1.04. The van der Waals surface area contributed by atoms with Crippen molar-refractivity contribution in [2.45, 2.75) is 25.8 Å². The highest BCUT2D eigenvalue weighted by atomic mass is 16.1. The number of pyridine rings is 1. The van der Waals surface area contributed by atoms with Gasteiger partial charge in [-0.2, -0.15) is 0 Å². The molecule has 0 aromatic carbocycles. The highest BCUT2D eigenvalue weighted by Gasteiger charge is 2.27. The number of hydrogen-bond acceptors (Lipinski definition) is 5. The molecule has 3 heterocycles. The van der Waals surface area contributed by atoms with Gasteiger partial charge < -0.3 is 9.80 Å². The molecule has 0 amide bonds. The second kappa shape index (κ2) is 6.75. The van der Waals surface area contributed by atoms with Gasteiger partial charge >= 0.3 is 0 Å². The number of aldehydes is 1. The van der Waals surface area contributed by atoms with E-state index in [1.165, 1.54) is 39.0 Å². The molecule has 0 saturated carbocycles. The monoisotopic (exact) mass is 302 g/mol. The van der Waals surface area contributed by atoms with E-state index >= 15 is 0 Å². The Morgan fingerprint density at radius 2 is 1.82 bits per heavy atom. The summed E-state index contributed by atoms with van der Waals surface area (Å²) >= 11 is 0. The molecule has 0 N–H and O–H groups in total. The lowest BCUT2D eigenvalue weighted by atomic mass is 10.0. The van der Waals surface area contributed by atoms with Gasteiger partial charge in [-0.15, -0.1) is 0 Å². The van der Waals surface area contributed by atoms with E-state index in [2.05, 4.69) is 26.7 Å². The van der Waals surface area contributed by atoms with E-state index in [-0.39, 0.29) is 0 Å². The molecule has 0 bridgehead atoms. The first-order valence-electron chi connectivity index (χ1n) is 8.27. The molecule has 1 aromatic rings. The number of carbonyl (C=O) groups excluding carboxylic acids is 1. The summed E-state index contributed by atoms with van der Waals surface area (Å²) in [6, 6.07) is 2.65. The standard InChI is InChI=1S/C17H26N4O/c1-14-11-15(13-22)12-18-17(14)21-5-3-16(4-6-21)20-9-7-19(2)8-10-20/h11-13,16H,3-10H2,1-2H3. The average molecular weight is 302 g/mol. The quantitative estimate of drug-likeness (QED) is 0.790. The number of hydrogen-bond donors (Lipinski definition) is 0. The van der Waals surface area contributed by atoms with Gasteiger partial charge in [-0.1, -0.05) is 0 Å². The molecule has 2 aliphatic rings. The van der Waals surface area contributed by atoms with Crippen molar-refractivity contribution in [3.63, 3.8) is 0 Å². The molecule has 0 aliphatic carbocycles. The zero-order valence-corrected chi connectivity index (χ0v) is 13.7. The van der Waals surface area contributed by atoms with Gasteiger partial charge in [0.2, 0.25) is 0 Å². The Balaban J connectivity index is 1.58. The van der Waals surface area contributed by atoms with E-state index < -0.39 is 0 Å². The number of piperidine rings is 1. The highest BCUT2D eigenvalue weighted by molar-refractivity contribution is 5.75. The lowest BCUT2D eigenvalue weighted by Gasteiger charge is -2.42. The van der Waals surface area contributed by atoms with Gasteiger partial charge in [0.25, 0.3) is 0 Å². The maximum atomic E-state index is 10.8. The lowest BCUT2D eigenvalue weighted by molar-refractivity contribution is 0.0981. The van der Waals surface area contributed by atoms with E-state index in [9.17, 15) is 4.79 Å². The predicted octanol–water partition coefficient (Wildman–Crippen LogP) is 1.42. The minimum Gasteiger partial charge on any atom is -0.356 e. The minimum atomic E-state index is 0.661. The molecular weight excluding hydrogens is 276 g/mol. The number of aryl methyl sites for hydroxylation is 1. The molecule has 0 atom stereocenters. The fourth-order valence-corrected chi connectivity index (χ4v) is 3.61. The summed E-state index contributed by atoms with van der Waals surface area (Å²) < 4.78 is 0. The maximum absolute atomic E-state index is 10.8. The molecule has 120 valence electrons. The fraction of sp³-hybridized carbons (Fsp3) is 0.647. The van der Waals surface area contributed by atoms with Crippen LogP contribution in [0.5, 0.6) is 0 Å². The molecule has 3 rings (SSSR count). The number of nitrogens with zero attached hydrogens (tertiary/aromatic N) is 4. The van der Waals surface area contributed by atoms with Crippen molar-refractivity contribution in [1.29, 1.82) is 0 Å². The topological polar surface area (TPSA) is 39.7 Å². The molecule has 1 aromatic heterocycles. The van der Waals surface area contributed by atoms with E-state index in [4.69, 9.17) is 0 Å². The molecule has 2 fully saturated rings. The Bertz CT molecular complexity index is 517. The van der Waals surface area contributed by atoms with Gasteiger partial charge in [0.05, 0.1) is 0 Å². The van der Waals surface area contributed by atoms with E-state index in [1.807, 2.05) is 13.0 Å². The van der Waals surface area contributed by atoms with Gasteiger partial charge in [-0.25, -0.2) is 4.98 Å². The third-order valence-corrected chi connectivity index (χ3v) is 5.03. The summed E-state index contributed by atoms with van der Waals surface area (Å²) in [5, 5.41) is 0. The zero-order chi connectivity index (χ0) is 15.5. The van der Waals surface area contributed by atoms with E-state index in [0.29, 0.717) is 5.56 Å². The Morgan fingerprint density at radius 3 is 2.41 bits per heavy atom. The summed E-state index contributed by atoms with van der Waals surface area (Å²) in [4.78, 5) is 22.8. The van der Waals surface area contributed by atoms with Crippen molar-refractivity contribution in [2.75, 3.05) is 51.2 Å². The second-order valence-electron chi connectivity index (χ2n) is 6.58. The molecule has 2 saturated heterocycles. The Hall–Kier alpha value is -1.46. The number of likely N-dealkylation sites (N-methyl/N-ethyl adjacent to an activating group) is 1. The van der Waals surface area contributed by atoms with Gasteiger partial charge in [0, 0.05) is 57.1 Å². The molecule has 0 radical (unpaired) electrons. The van der Waals surface area contributed by atoms with Crippen LogP contribution in [0.3, 0.4) is 0 Å². The van der Waals surface area contributed by atoms with Crippen molar-refractivity contribution < 1.29 is 4.79 Å². The van der Waals surface area contributed by atoms with Gasteiger partial charge in [0.1, 0.15) is 5.82 Å². The molecule has 5 nitrogen and oxygen atoms in total. The summed E-state index contributed by atoms with van der Waals surface area (Å²) in [6.07, 6.45) is 4.96. The number of carbonyl (C=O) groups is 1. The smallest absolute Gasteiger partial charge is 0.151 e. The zero-order valence-electron chi connectivity index (χ0n) is 13.7. The van der Waals surface area contributed by atoms with Gasteiger partial charge in [-0.05, 0) is 38.4 Å². The third kappa shape index (κ3) is 3.31. The van der Waals surface area contributed by atoms with Gasteiger partial charge in [-0.3, -0.25) is 9.69 Å². The largest absolute Gasteiger partial charge is 0.356 e. The van der Waals surface area contributed by atoms with Crippen LogP contribution in [0.25, 0.3) is 0 Å². The molecule has 0 spiro atoms. The summed E-state index contributed by atoms with van der Waals surface area (Å²) in [6.45, 7) is 8.94. The first kappa shape index (κ1) is 15.4. The minimum absolute atomic E-state index is 0.661. The van der Waals surface area contributed by atoms with Crippen LogP contribution in [0, 0.1) is 6.92 Å². The normalized spacial score (nSPS) is 22.0. The molecule has 5 heteroatoms. The van der Waals surface area contributed by atoms with Crippen LogP contribution in [-0.2, 0) is 0 Å². The molecular formula is C17H26N4O. The second-order valence-corrected chi connectivity index (χ2v) is 6.58. The number of aromatic nitrogens is 1. The van der Waals surface area contributed by atoms with Crippen LogP contribution >= 0.6 is 0 Å². The summed E-state index contributed by atoms with van der Waals surface area (Å²) in [7, 11) is 2.21. The number of rotatable bonds is 3. The van der Waals surface area contributed by atoms with E-state index in [0.717, 1.165) is 36.8 Å². The fourth-order valence-electron chi connectivity index (χ4n) is 3.61. The van der Waals surface area contributed by atoms with Crippen molar-refractivity contribution >= 4 is 12.1 Å². The highest BCUT2D eigenvalue weighted by Crippen LogP contribution is 2.24. The number of anilines is 1. The van der Waals surface area contributed by atoms with Crippen LogP contribution in [-0.4, -0.2) is 73.4 Å². The van der Waals surface area contributed by atoms with Crippen LogP contribution < -0.4 is 4.90 Å². The van der Waals surface area contributed by atoms with Crippen LogP contribution in [0.4, 0.5) is 5.82 Å². The van der Waals surface area contributed by atoms with Crippen molar-refractivity contribution in [3.05, 3.63) is 23.4 Å². The Morgan fingerprint density at radius 1 is 1.14 bits per heavy atom. The van der Waals surface area contributed by atoms with Crippen LogP contribution in [0.1, 0.15) is 28.8 Å². The number of piperazine rings is 1. The molecule has 0 unspecified atom stereocenters. The van der Waals surface area contributed by atoms with Crippen LogP contribution in [0.15, 0.2) is 12.3 Å². The first-order chi connectivity index (χ1) is 10.7. The predicted molar refractivity (Wildman–Crippen MR) is 88.7 cm³/mol. The van der Waals surface area contributed by atoms with Gasteiger partial charge in [0.15, 0.2) is 6.29 Å². The van der Waals surface area contributed by atoms with Crippen molar-refractivity contribution in [3.8, 4) is 0 Å². The molecule has 2 aliphatic heterocycles. The summed E-state index contributed by atoms with van der Waals surface area (Å²) in [5.41, 5.74) is 1.76. The lowest BCUT2D eigenvalue weighted by Crippen LogP contribution is -2.52. The first-order valence-corrected chi connectivity index (χ1v) is 8.27. The maximum Gasteiger partial charge on any atom is 0.151 e. The molecule has 22 heavy (non-hydrogen) atoms. The average Bonchev–Trinajstić information content (AvgIpc) is 2.56. The Kier molecular flexibility index (Phi) is 4.74. The Labute approximate surface area is 132 Å². The third-order valence-electron chi connectivity index (χ3n) is 5.03. The van der Waals surface area contributed by atoms with Crippen molar-refractivity contribution in [2.24, 2.45) is 0 Å². The SMILES string of the molecule is Cc1cc(C=O)cnc1N1CCC(N2CCN(C)CC2)CC1.